The lowest BCUT2D eigenvalue weighted by Crippen LogP contribution is -2.34. The highest BCUT2D eigenvalue weighted by Crippen LogP contribution is 2.19. The van der Waals surface area contributed by atoms with Crippen LogP contribution in [0.4, 0.5) is 0 Å². The van der Waals surface area contributed by atoms with Gasteiger partial charge in [-0.2, -0.15) is 0 Å². The Labute approximate surface area is 175 Å². The number of hydrogen-bond donors (Lipinski definition) is 1. The molecule has 7 nitrogen and oxygen atoms in total. The Morgan fingerprint density at radius 3 is 2.37 bits per heavy atom. The quantitative estimate of drug-likeness (QED) is 0.552. The number of nitrogens with zero attached hydrogens (tertiary/aromatic N) is 2. The van der Waals surface area contributed by atoms with Crippen LogP contribution in [0, 0.1) is 6.92 Å². The van der Waals surface area contributed by atoms with E-state index >= 15 is 0 Å². The van der Waals surface area contributed by atoms with Crippen LogP contribution in [0.15, 0.2) is 65.7 Å². The fourth-order valence-corrected chi connectivity index (χ4v) is 2.80. The van der Waals surface area contributed by atoms with E-state index in [-0.39, 0.29) is 18.0 Å². The molecule has 0 saturated heterocycles. The van der Waals surface area contributed by atoms with Crippen LogP contribution >= 0.6 is 0 Å². The SMILES string of the molecule is CCOc1ccc(-c2cc(=O)n(CC(=O)NCCOc3ccc(C)cc3)cn2)cc1. The molecular formula is C23H25N3O4. The van der Waals surface area contributed by atoms with E-state index in [0.29, 0.717) is 25.5 Å². The van der Waals surface area contributed by atoms with Gasteiger partial charge in [-0.25, -0.2) is 4.98 Å². The van der Waals surface area contributed by atoms with Gasteiger partial charge in [0.2, 0.25) is 5.91 Å². The van der Waals surface area contributed by atoms with Crippen molar-refractivity contribution in [3.8, 4) is 22.8 Å². The highest BCUT2D eigenvalue weighted by Gasteiger charge is 2.07. The van der Waals surface area contributed by atoms with E-state index in [1.807, 2.05) is 62.4 Å². The number of aromatic nitrogens is 2. The number of rotatable bonds is 9. The molecule has 0 bridgehead atoms. The van der Waals surface area contributed by atoms with Gasteiger partial charge in [0.05, 0.1) is 25.2 Å². The average molecular weight is 407 g/mol. The minimum atomic E-state index is -0.292. The van der Waals surface area contributed by atoms with Crippen molar-refractivity contribution in [2.24, 2.45) is 0 Å². The molecule has 30 heavy (non-hydrogen) atoms. The Kier molecular flexibility index (Phi) is 7.21. The van der Waals surface area contributed by atoms with Crippen LogP contribution in [-0.4, -0.2) is 35.2 Å². The van der Waals surface area contributed by atoms with Crippen molar-refractivity contribution in [2.75, 3.05) is 19.8 Å². The van der Waals surface area contributed by atoms with Crippen molar-refractivity contribution in [1.29, 1.82) is 0 Å². The Morgan fingerprint density at radius 1 is 1.03 bits per heavy atom. The van der Waals surface area contributed by atoms with Crippen LogP contribution in [-0.2, 0) is 11.3 Å². The predicted molar refractivity (Wildman–Crippen MR) is 115 cm³/mol. The molecule has 0 saturated carbocycles. The molecule has 1 amide bonds. The number of carbonyl (C=O) groups excluding carboxylic acids is 1. The van der Waals surface area contributed by atoms with Crippen molar-refractivity contribution in [3.63, 3.8) is 0 Å². The van der Waals surface area contributed by atoms with Gasteiger partial charge in [-0.05, 0) is 50.2 Å². The molecule has 3 rings (SSSR count). The van der Waals surface area contributed by atoms with Gasteiger partial charge in [0, 0.05) is 11.6 Å². The summed E-state index contributed by atoms with van der Waals surface area (Å²) in [4.78, 5) is 28.8. The average Bonchev–Trinajstić information content (AvgIpc) is 2.75. The molecule has 0 unspecified atom stereocenters. The molecule has 1 heterocycles. The van der Waals surface area contributed by atoms with E-state index in [1.54, 1.807) is 0 Å². The topological polar surface area (TPSA) is 82.5 Å². The second-order valence-electron chi connectivity index (χ2n) is 6.71. The summed E-state index contributed by atoms with van der Waals surface area (Å²) in [6.45, 7) is 5.11. The summed E-state index contributed by atoms with van der Waals surface area (Å²) < 4.78 is 12.3. The first-order chi connectivity index (χ1) is 14.5. The number of benzene rings is 2. The highest BCUT2D eigenvalue weighted by atomic mass is 16.5. The van der Waals surface area contributed by atoms with E-state index in [4.69, 9.17) is 9.47 Å². The second kappa shape index (κ2) is 10.2. The van der Waals surface area contributed by atoms with Crippen LogP contribution in [0.25, 0.3) is 11.3 Å². The van der Waals surface area contributed by atoms with Crippen molar-refractivity contribution in [1.82, 2.24) is 14.9 Å². The monoisotopic (exact) mass is 407 g/mol. The zero-order chi connectivity index (χ0) is 21.3. The first-order valence-corrected chi connectivity index (χ1v) is 9.81. The standard InChI is InChI=1S/C23H25N3O4/c1-3-29-19-10-6-18(7-11-19)21-14-23(28)26(16-25-21)15-22(27)24-12-13-30-20-8-4-17(2)5-9-20/h4-11,14,16H,3,12-13,15H2,1-2H3,(H,24,27). The first-order valence-electron chi connectivity index (χ1n) is 9.81. The maximum atomic E-state index is 12.4. The largest absolute Gasteiger partial charge is 0.494 e. The zero-order valence-electron chi connectivity index (χ0n) is 17.1. The summed E-state index contributed by atoms with van der Waals surface area (Å²) >= 11 is 0. The highest BCUT2D eigenvalue weighted by molar-refractivity contribution is 5.75. The molecule has 3 aromatic rings. The van der Waals surface area contributed by atoms with Crippen molar-refractivity contribution in [3.05, 3.63) is 76.8 Å². The van der Waals surface area contributed by atoms with E-state index in [0.717, 1.165) is 22.6 Å². The predicted octanol–water partition coefficient (Wildman–Crippen LogP) is 2.81. The molecule has 0 atom stereocenters. The maximum absolute atomic E-state index is 12.4. The normalized spacial score (nSPS) is 10.5. The maximum Gasteiger partial charge on any atom is 0.254 e. The van der Waals surface area contributed by atoms with Crippen LogP contribution in [0.2, 0.25) is 0 Å². The Bertz CT molecular complexity index is 1030. The molecule has 0 fully saturated rings. The lowest BCUT2D eigenvalue weighted by molar-refractivity contribution is -0.121. The Hall–Kier alpha value is -3.61. The van der Waals surface area contributed by atoms with E-state index in [1.165, 1.54) is 17.0 Å². The van der Waals surface area contributed by atoms with Gasteiger partial charge in [0.1, 0.15) is 24.7 Å². The Morgan fingerprint density at radius 2 is 1.70 bits per heavy atom. The number of nitrogens with one attached hydrogen (secondary N) is 1. The van der Waals surface area contributed by atoms with Crippen molar-refractivity contribution < 1.29 is 14.3 Å². The van der Waals surface area contributed by atoms with Crippen molar-refractivity contribution in [2.45, 2.75) is 20.4 Å². The summed E-state index contributed by atoms with van der Waals surface area (Å²) in [5.74, 6) is 1.23. The first kappa shape index (κ1) is 21.1. The summed E-state index contributed by atoms with van der Waals surface area (Å²) in [5, 5.41) is 2.74. The number of amides is 1. The van der Waals surface area contributed by atoms with Crippen LogP contribution in [0.1, 0.15) is 12.5 Å². The van der Waals surface area contributed by atoms with Gasteiger partial charge in [0.15, 0.2) is 0 Å². The summed E-state index contributed by atoms with van der Waals surface area (Å²) in [5.41, 5.74) is 2.22. The fourth-order valence-electron chi connectivity index (χ4n) is 2.80. The molecule has 2 aromatic carbocycles. The lowest BCUT2D eigenvalue weighted by Gasteiger charge is -2.09. The van der Waals surface area contributed by atoms with E-state index < -0.39 is 0 Å². The molecule has 0 aliphatic rings. The third-order valence-corrected chi connectivity index (χ3v) is 4.37. The molecule has 0 spiro atoms. The molecular weight excluding hydrogens is 382 g/mol. The van der Waals surface area contributed by atoms with Crippen LogP contribution in [0.3, 0.4) is 0 Å². The van der Waals surface area contributed by atoms with Gasteiger partial charge in [-0.15, -0.1) is 0 Å². The fraction of sp³-hybridized carbons (Fsp3) is 0.261. The summed E-state index contributed by atoms with van der Waals surface area (Å²) in [7, 11) is 0. The lowest BCUT2D eigenvalue weighted by atomic mass is 10.1. The Balaban J connectivity index is 1.50. The zero-order valence-corrected chi connectivity index (χ0v) is 17.1. The van der Waals surface area contributed by atoms with Gasteiger partial charge in [0.25, 0.3) is 5.56 Å². The summed E-state index contributed by atoms with van der Waals surface area (Å²) in [6, 6.07) is 16.5. The molecule has 156 valence electrons. The van der Waals surface area contributed by atoms with E-state index in [2.05, 4.69) is 10.3 Å². The molecule has 7 heteroatoms. The van der Waals surface area contributed by atoms with Gasteiger partial charge in [-0.3, -0.25) is 14.2 Å². The van der Waals surface area contributed by atoms with Crippen molar-refractivity contribution >= 4 is 5.91 Å². The van der Waals surface area contributed by atoms with Gasteiger partial charge < -0.3 is 14.8 Å². The molecule has 0 aliphatic carbocycles. The van der Waals surface area contributed by atoms with Gasteiger partial charge >= 0.3 is 0 Å². The molecule has 1 aromatic heterocycles. The third-order valence-electron chi connectivity index (χ3n) is 4.37. The van der Waals surface area contributed by atoms with E-state index in [9.17, 15) is 9.59 Å². The number of carbonyl (C=O) groups is 1. The smallest absolute Gasteiger partial charge is 0.254 e. The van der Waals surface area contributed by atoms with Crippen LogP contribution < -0.4 is 20.3 Å². The molecule has 0 aliphatic heterocycles. The molecule has 1 N–H and O–H groups in total. The second-order valence-corrected chi connectivity index (χ2v) is 6.71. The third kappa shape index (κ3) is 5.94. The number of ether oxygens (including phenoxy) is 2. The number of hydrogen-bond acceptors (Lipinski definition) is 5. The summed E-state index contributed by atoms with van der Waals surface area (Å²) in [6.07, 6.45) is 1.39. The molecule has 0 radical (unpaired) electrons. The minimum absolute atomic E-state index is 0.0973. The van der Waals surface area contributed by atoms with Gasteiger partial charge in [-0.1, -0.05) is 17.7 Å². The van der Waals surface area contributed by atoms with Crippen LogP contribution in [0.5, 0.6) is 11.5 Å². The minimum Gasteiger partial charge on any atom is -0.494 e. The number of aryl methyl sites for hydroxylation is 1.